The Morgan fingerprint density at radius 1 is 1.32 bits per heavy atom. The van der Waals surface area contributed by atoms with Crippen LogP contribution < -0.4 is 5.32 Å². The molecule has 1 aliphatic heterocycles. The van der Waals surface area contributed by atoms with Crippen LogP contribution >= 0.6 is 0 Å². The number of hydrogen-bond acceptors (Lipinski definition) is 5. The van der Waals surface area contributed by atoms with E-state index in [9.17, 15) is 4.79 Å². The minimum atomic E-state index is -0.579. The van der Waals surface area contributed by atoms with Crippen molar-refractivity contribution in [2.75, 3.05) is 6.54 Å². The third kappa shape index (κ3) is 5.09. The van der Waals surface area contributed by atoms with Crippen molar-refractivity contribution in [1.29, 1.82) is 0 Å². The standard InChI is InChI=1S/C17H28BN3O4/c1-15(2,3)23-14(22)21-11-12(10-13-19-8-9-20-13)18-24-16(4,5)17(6,7)25-18/h8-10H,11H2,1-7H3,(H,19,20)(H,21,22). The van der Waals surface area contributed by atoms with Crippen molar-refractivity contribution in [2.24, 2.45) is 0 Å². The monoisotopic (exact) mass is 349 g/mol. The Morgan fingerprint density at radius 2 is 1.92 bits per heavy atom. The molecule has 0 spiro atoms. The van der Waals surface area contributed by atoms with E-state index in [-0.39, 0.29) is 6.54 Å². The first-order valence-corrected chi connectivity index (χ1v) is 8.42. The van der Waals surface area contributed by atoms with Gasteiger partial charge in [-0.05, 0) is 60.0 Å². The number of nitrogens with zero attached hydrogens (tertiary/aromatic N) is 1. The highest BCUT2D eigenvalue weighted by molar-refractivity contribution is 6.55. The Labute approximate surface area is 149 Å². The first-order chi connectivity index (χ1) is 11.4. The van der Waals surface area contributed by atoms with Gasteiger partial charge in [-0.3, -0.25) is 0 Å². The molecule has 2 N–H and O–H groups in total. The second kappa shape index (κ2) is 6.84. The van der Waals surface area contributed by atoms with Gasteiger partial charge in [0.2, 0.25) is 0 Å². The lowest BCUT2D eigenvalue weighted by Crippen LogP contribution is -2.41. The third-order valence-corrected chi connectivity index (χ3v) is 4.23. The number of carbonyl (C=O) groups is 1. The molecule has 138 valence electrons. The van der Waals surface area contributed by atoms with Gasteiger partial charge < -0.3 is 24.3 Å². The second-order valence-corrected chi connectivity index (χ2v) is 8.14. The van der Waals surface area contributed by atoms with Gasteiger partial charge in [0.05, 0.1) is 11.2 Å². The summed E-state index contributed by atoms with van der Waals surface area (Å²) in [5, 5.41) is 2.75. The molecule has 0 aliphatic carbocycles. The van der Waals surface area contributed by atoms with Crippen molar-refractivity contribution in [3.05, 3.63) is 23.7 Å². The van der Waals surface area contributed by atoms with Crippen LogP contribution in [0, 0.1) is 0 Å². The zero-order chi connectivity index (χ0) is 18.9. The van der Waals surface area contributed by atoms with E-state index in [2.05, 4.69) is 15.3 Å². The molecule has 0 aromatic carbocycles. The average Bonchev–Trinajstić information content (AvgIpc) is 2.99. The average molecular weight is 349 g/mol. The van der Waals surface area contributed by atoms with Crippen molar-refractivity contribution in [3.8, 4) is 0 Å². The lowest BCUT2D eigenvalue weighted by molar-refractivity contribution is 0.00578. The summed E-state index contributed by atoms with van der Waals surface area (Å²) in [4.78, 5) is 19.2. The summed E-state index contributed by atoms with van der Waals surface area (Å²) in [6.07, 6.45) is 4.72. The fourth-order valence-electron chi connectivity index (χ4n) is 2.22. The number of imidazole rings is 1. The van der Waals surface area contributed by atoms with Gasteiger partial charge in [0.1, 0.15) is 11.4 Å². The summed E-state index contributed by atoms with van der Waals surface area (Å²) < 4.78 is 17.5. The molecule has 1 fully saturated rings. The topological polar surface area (TPSA) is 85.5 Å². The zero-order valence-electron chi connectivity index (χ0n) is 16.1. The summed E-state index contributed by atoms with van der Waals surface area (Å²) in [5.74, 6) is 0.663. The summed E-state index contributed by atoms with van der Waals surface area (Å²) in [6, 6.07) is 0. The van der Waals surface area contributed by atoms with Gasteiger partial charge in [-0.15, -0.1) is 0 Å². The molecular formula is C17H28BN3O4. The molecule has 0 radical (unpaired) electrons. The van der Waals surface area contributed by atoms with Gasteiger partial charge in [-0.2, -0.15) is 0 Å². The van der Waals surface area contributed by atoms with Crippen LogP contribution in [0.5, 0.6) is 0 Å². The molecule has 25 heavy (non-hydrogen) atoms. The number of hydrogen-bond donors (Lipinski definition) is 2. The number of nitrogens with one attached hydrogen (secondary N) is 2. The van der Waals surface area contributed by atoms with E-state index < -0.39 is 30.0 Å². The number of H-pyrrole nitrogens is 1. The summed E-state index contributed by atoms with van der Waals surface area (Å²) in [5.41, 5.74) is -0.740. The van der Waals surface area contributed by atoms with Crippen LogP contribution in [0.15, 0.2) is 17.9 Å². The number of amides is 1. The number of carbonyl (C=O) groups excluding carboxylic acids is 1. The van der Waals surface area contributed by atoms with E-state index in [0.29, 0.717) is 5.82 Å². The maximum Gasteiger partial charge on any atom is 0.492 e. The van der Waals surface area contributed by atoms with Gasteiger partial charge in [-0.25, -0.2) is 9.78 Å². The summed E-state index contributed by atoms with van der Waals surface area (Å²) >= 11 is 0. The molecule has 0 bridgehead atoms. The molecule has 2 rings (SSSR count). The number of rotatable bonds is 4. The predicted molar refractivity (Wildman–Crippen MR) is 96.9 cm³/mol. The molecule has 1 aromatic rings. The summed E-state index contributed by atoms with van der Waals surface area (Å²) in [7, 11) is -0.579. The van der Waals surface area contributed by atoms with E-state index in [1.54, 1.807) is 12.4 Å². The van der Waals surface area contributed by atoms with Crippen LogP contribution in [0.2, 0.25) is 0 Å². The number of aromatic nitrogens is 2. The normalized spacial score (nSPS) is 19.8. The number of alkyl carbamates (subject to hydrolysis) is 1. The van der Waals surface area contributed by atoms with Gasteiger partial charge >= 0.3 is 13.2 Å². The largest absolute Gasteiger partial charge is 0.492 e. The Kier molecular flexibility index (Phi) is 5.34. The highest BCUT2D eigenvalue weighted by atomic mass is 16.7. The molecule has 7 nitrogen and oxygen atoms in total. The van der Waals surface area contributed by atoms with Gasteiger partial charge in [0.15, 0.2) is 0 Å². The van der Waals surface area contributed by atoms with Crippen LogP contribution in [0.25, 0.3) is 6.08 Å². The molecule has 0 saturated carbocycles. The first-order valence-electron chi connectivity index (χ1n) is 8.42. The molecule has 0 atom stereocenters. The summed E-state index contributed by atoms with van der Waals surface area (Å²) in [6.45, 7) is 13.6. The third-order valence-electron chi connectivity index (χ3n) is 4.23. The lowest BCUT2D eigenvalue weighted by atomic mass is 9.77. The van der Waals surface area contributed by atoms with Crippen molar-refractivity contribution >= 4 is 19.3 Å². The molecule has 2 heterocycles. The van der Waals surface area contributed by atoms with E-state index in [1.807, 2.05) is 54.5 Å². The Balaban J connectivity index is 2.14. The highest BCUT2D eigenvalue weighted by Crippen LogP contribution is 2.38. The maximum atomic E-state index is 12.0. The van der Waals surface area contributed by atoms with Gasteiger partial charge in [0, 0.05) is 18.9 Å². The van der Waals surface area contributed by atoms with Crippen molar-refractivity contribution in [1.82, 2.24) is 15.3 Å². The highest BCUT2D eigenvalue weighted by Gasteiger charge is 2.52. The molecule has 1 amide bonds. The quantitative estimate of drug-likeness (QED) is 0.817. The fourth-order valence-corrected chi connectivity index (χ4v) is 2.22. The van der Waals surface area contributed by atoms with Gasteiger partial charge in [-0.1, -0.05) is 0 Å². The number of aromatic amines is 1. The minimum Gasteiger partial charge on any atom is -0.444 e. The first kappa shape index (κ1) is 19.5. The van der Waals surface area contributed by atoms with Crippen LogP contribution in [0.4, 0.5) is 4.79 Å². The smallest absolute Gasteiger partial charge is 0.444 e. The van der Waals surface area contributed by atoms with Crippen LogP contribution in [0.1, 0.15) is 54.3 Å². The maximum absolute atomic E-state index is 12.0. The van der Waals surface area contributed by atoms with Crippen molar-refractivity contribution in [3.63, 3.8) is 0 Å². The lowest BCUT2D eigenvalue weighted by Gasteiger charge is -2.32. The molecular weight excluding hydrogens is 321 g/mol. The molecule has 1 saturated heterocycles. The van der Waals surface area contributed by atoms with Crippen LogP contribution in [0.3, 0.4) is 0 Å². The van der Waals surface area contributed by atoms with E-state index in [1.165, 1.54) is 0 Å². The second-order valence-electron chi connectivity index (χ2n) is 8.14. The van der Waals surface area contributed by atoms with Crippen LogP contribution in [-0.4, -0.2) is 46.5 Å². The minimum absolute atomic E-state index is 0.229. The fraction of sp³-hybridized carbons (Fsp3) is 0.647. The Hall–Kier alpha value is -1.80. The van der Waals surface area contributed by atoms with Crippen molar-refractivity contribution in [2.45, 2.75) is 65.3 Å². The van der Waals surface area contributed by atoms with Crippen molar-refractivity contribution < 1.29 is 18.8 Å². The van der Waals surface area contributed by atoms with E-state index in [0.717, 1.165) is 5.47 Å². The molecule has 8 heteroatoms. The molecule has 1 aliphatic rings. The Morgan fingerprint density at radius 3 is 2.40 bits per heavy atom. The van der Waals surface area contributed by atoms with E-state index in [4.69, 9.17) is 14.0 Å². The zero-order valence-corrected chi connectivity index (χ0v) is 16.1. The SMILES string of the molecule is CC(C)(C)OC(=O)NCC(=Cc1ncc[nH]1)B1OC(C)(C)C(C)(C)O1. The Bertz CT molecular complexity index is 617. The molecule has 1 aromatic heterocycles. The van der Waals surface area contributed by atoms with Crippen LogP contribution in [-0.2, 0) is 14.0 Å². The predicted octanol–water partition coefficient (Wildman–Crippen LogP) is 2.95. The van der Waals surface area contributed by atoms with E-state index >= 15 is 0 Å². The van der Waals surface area contributed by atoms with Gasteiger partial charge in [0.25, 0.3) is 0 Å². The number of ether oxygens (including phenoxy) is 1. The molecule has 0 unspecified atom stereocenters.